The first kappa shape index (κ1) is 31.3. The van der Waals surface area contributed by atoms with Gasteiger partial charge in [-0.25, -0.2) is 23.9 Å². The van der Waals surface area contributed by atoms with Gasteiger partial charge in [0.25, 0.3) is 0 Å². The van der Waals surface area contributed by atoms with E-state index in [1.165, 1.54) is 29.5 Å². The predicted octanol–water partition coefficient (Wildman–Crippen LogP) is 9.70. The van der Waals surface area contributed by atoms with Gasteiger partial charge < -0.3 is 20.7 Å². The number of rotatable bonds is 6. The lowest BCUT2D eigenvalue weighted by Gasteiger charge is -2.11. The number of carbonyl (C=O) groups is 3. The van der Waals surface area contributed by atoms with Gasteiger partial charge in [-0.2, -0.15) is 0 Å². The van der Waals surface area contributed by atoms with Gasteiger partial charge in [-0.1, -0.05) is 58.2 Å². The quantitative estimate of drug-likeness (QED) is 0.141. The molecule has 0 atom stereocenters. The second-order valence-corrected chi connectivity index (χ2v) is 11.7. The molecule has 10 nitrogen and oxygen atoms in total. The maximum Gasteiger partial charge on any atom is 0.413 e. The van der Waals surface area contributed by atoms with E-state index in [2.05, 4.69) is 26.3 Å². The molecule has 1 heterocycles. The van der Waals surface area contributed by atoms with E-state index in [-0.39, 0.29) is 11.0 Å². The number of methoxy groups -OCH3 is 1. The zero-order valence-corrected chi connectivity index (χ0v) is 26.3. The summed E-state index contributed by atoms with van der Waals surface area (Å²) in [5.41, 5.74) is 2.35. The molecule has 1 aromatic heterocycles. The molecule has 0 bridgehead atoms. The average Bonchev–Trinajstić information content (AvgIpc) is 3.34. The van der Waals surface area contributed by atoms with Crippen molar-refractivity contribution in [2.24, 2.45) is 0 Å². The molecule has 44 heavy (non-hydrogen) atoms. The Bertz CT molecular complexity index is 1900. The molecule has 15 heteroatoms. The predicted molar refractivity (Wildman–Crippen MR) is 176 cm³/mol. The van der Waals surface area contributed by atoms with Gasteiger partial charge in [0.15, 0.2) is 0 Å². The van der Waals surface area contributed by atoms with Crippen LogP contribution in [0.3, 0.4) is 0 Å². The molecule has 0 radical (unpaired) electrons. The first-order valence-electron chi connectivity index (χ1n) is 12.5. The topological polar surface area (TPSA) is 126 Å². The maximum absolute atomic E-state index is 13.3. The Morgan fingerprint density at radius 2 is 1.25 bits per heavy atom. The summed E-state index contributed by atoms with van der Waals surface area (Å²) in [5.74, 6) is -0.0406. The smallest absolute Gasteiger partial charge is 0.413 e. The van der Waals surface area contributed by atoms with Crippen LogP contribution in [0.2, 0.25) is 20.1 Å². The van der Waals surface area contributed by atoms with Crippen LogP contribution in [0, 0.1) is 0 Å². The van der Waals surface area contributed by atoms with Crippen molar-refractivity contribution in [1.82, 2.24) is 9.55 Å². The van der Waals surface area contributed by atoms with Crippen molar-refractivity contribution in [3.63, 3.8) is 0 Å². The van der Waals surface area contributed by atoms with Gasteiger partial charge in [0.2, 0.25) is 5.95 Å². The fourth-order valence-electron chi connectivity index (χ4n) is 3.92. The van der Waals surface area contributed by atoms with Crippen LogP contribution in [0.15, 0.2) is 88.7 Å². The second-order valence-electron chi connectivity index (χ2n) is 8.93. The lowest BCUT2D eigenvalue weighted by molar-refractivity contribution is 0.186. The molecule has 0 aliphatic rings. The van der Waals surface area contributed by atoms with Crippen molar-refractivity contribution >= 4 is 110 Å². The fourth-order valence-corrected chi connectivity index (χ4v) is 5.37. The number of aromatic nitrogens is 2. The number of carbonyl (C=O) groups excluding carboxylic acids is 3. The maximum atomic E-state index is 13.3. The lowest BCUT2D eigenvalue weighted by Crippen LogP contribution is -2.23. The van der Waals surface area contributed by atoms with E-state index in [4.69, 9.17) is 51.1 Å². The summed E-state index contributed by atoms with van der Waals surface area (Å²) in [6.45, 7) is 0. The van der Waals surface area contributed by atoms with Crippen LogP contribution in [0.5, 0.6) is 0 Å². The van der Waals surface area contributed by atoms with Crippen LogP contribution >= 0.6 is 58.2 Å². The van der Waals surface area contributed by atoms with Gasteiger partial charge >= 0.3 is 18.2 Å². The highest BCUT2D eigenvalue weighted by Crippen LogP contribution is 2.33. The Balaban J connectivity index is 1.31. The number of imidazole rings is 1. The third-order valence-corrected chi connectivity index (χ3v) is 8.40. The first-order valence-corrected chi connectivity index (χ1v) is 14.9. The normalized spacial score (nSPS) is 10.8. The van der Waals surface area contributed by atoms with E-state index in [1.807, 2.05) is 18.2 Å². The van der Waals surface area contributed by atoms with Crippen molar-refractivity contribution in [2.45, 2.75) is 9.79 Å². The highest BCUT2D eigenvalue weighted by atomic mass is 35.5. The number of hydrogen-bond donors (Lipinski definition) is 4. The molecule has 4 N–H and O–H groups in total. The summed E-state index contributed by atoms with van der Waals surface area (Å²) >= 11 is 25.4. The van der Waals surface area contributed by atoms with Crippen LogP contribution < -0.4 is 21.3 Å². The number of benzene rings is 4. The standard InChI is InChI=1S/C29H20Cl4N6O4S/c1-43-29(42)38-26-37-24-14-19(8-11-25(24)39(26)28(41)36-17-5-10-21(31)23(33)13-17)44-18-6-2-15(3-7-18)34-27(40)35-16-4-9-20(30)22(32)12-16/h2-14H,1H3,(H,36,41)(H2,34,35,40)(H,37,38,42). The monoisotopic (exact) mass is 688 g/mol. The Kier molecular flexibility index (Phi) is 9.72. The number of anilines is 4. The number of amides is 4. The molecule has 0 spiro atoms. The summed E-state index contributed by atoms with van der Waals surface area (Å²) in [7, 11) is 1.20. The molecule has 0 saturated heterocycles. The van der Waals surface area contributed by atoms with Crippen LogP contribution in [-0.4, -0.2) is 34.8 Å². The number of urea groups is 1. The van der Waals surface area contributed by atoms with Crippen molar-refractivity contribution < 1.29 is 19.1 Å². The molecule has 4 aromatic carbocycles. The molecule has 0 aliphatic carbocycles. The fraction of sp³-hybridized carbons (Fsp3) is 0.0345. The molecule has 0 saturated carbocycles. The third-order valence-electron chi connectivity index (χ3n) is 5.92. The number of nitrogens with zero attached hydrogens (tertiary/aromatic N) is 2. The molecule has 4 amide bonds. The Morgan fingerprint density at radius 1 is 0.682 bits per heavy atom. The van der Waals surface area contributed by atoms with Gasteiger partial charge in [0, 0.05) is 26.9 Å². The Hall–Kier alpha value is -4.13. The van der Waals surface area contributed by atoms with Crippen molar-refractivity contribution in [2.75, 3.05) is 28.4 Å². The lowest BCUT2D eigenvalue weighted by atomic mass is 10.3. The Morgan fingerprint density at radius 3 is 1.86 bits per heavy atom. The highest BCUT2D eigenvalue weighted by molar-refractivity contribution is 7.99. The number of halogens is 4. The SMILES string of the molecule is COC(=O)Nc1nc2cc(Sc3ccc(NC(=O)Nc4ccc(Cl)c(Cl)c4)cc3)ccc2n1C(=O)Nc1ccc(Cl)c(Cl)c1. The number of nitrogens with one attached hydrogen (secondary N) is 4. The van der Waals surface area contributed by atoms with Crippen molar-refractivity contribution in [3.05, 3.63) is 99.0 Å². The van der Waals surface area contributed by atoms with E-state index in [9.17, 15) is 14.4 Å². The molecule has 0 aliphatic heterocycles. The van der Waals surface area contributed by atoms with E-state index in [0.29, 0.717) is 43.2 Å². The highest BCUT2D eigenvalue weighted by Gasteiger charge is 2.20. The molecular weight excluding hydrogens is 670 g/mol. The minimum Gasteiger partial charge on any atom is -0.453 e. The van der Waals surface area contributed by atoms with Crippen LogP contribution in [0.1, 0.15) is 0 Å². The van der Waals surface area contributed by atoms with Crippen LogP contribution in [-0.2, 0) is 4.74 Å². The van der Waals surface area contributed by atoms with Crippen molar-refractivity contribution in [1.29, 1.82) is 0 Å². The summed E-state index contributed by atoms with van der Waals surface area (Å²) in [5, 5.41) is 12.0. The van der Waals surface area contributed by atoms with E-state index in [0.717, 1.165) is 9.79 Å². The Labute approximate surface area is 275 Å². The number of fused-ring (bicyclic) bond motifs is 1. The summed E-state index contributed by atoms with van der Waals surface area (Å²) in [4.78, 5) is 43.8. The van der Waals surface area contributed by atoms with Gasteiger partial charge in [-0.15, -0.1) is 0 Å². The van der Waals surface area contributed by atoms with Crippen LogP contribution in [0.4, 0.5) is 37.4 Å². The number of ether oxygens (including phenoxy) is 1. The van der Waals surface area contributed by atoms with Crippen LogP contribution in [0.25, 0.3) is 11.0 Å². The molecule has 5 rings (SSSR count). The van der Waals surface area contributed by atoms with Gasteiger partial charge in [-0.05, 0) is 78.9 Å². The number of hydrogen-bond acceptors (Lipinski definition) is 6. The van der Waals surface area contributed by atoms with E-state index < -0.39 is 18.2 Å². The first-order chi connectivity index (χ1) is 21.1. The zero-order chi connectivity index (χ0) is 31.4. The minimum atomic E-state index is -0.794. The van der Waals surface area contributed by atoms with Gasteiger partial charge in [0.05, 0.1) is 38.2 Å². The van der Waals surface area contributed by atoms with Crippen molar-refractivity contribution in [3.8, 4) is 0 Å². The largest absolute Gasteiger partial charge is 0.453 e. The molecule has 0 fully saturated rings. The minimum absolute atomic E-state index is 0.0406. The zero-order valence-electron chi connectivity index (χ0n) is 22.5. The molecule has 0 unspecified atom stereocenters. The summed E-state index contributed by atoms with van der Waals surface area (Å²) < 4.78 is 5.91. The van der Waals surface area contributed by atoms with Gasteiger partial charge in [-0.3, -0.25) is 5.32 Å². The van der Waals surface area contributed by atoms with Gasteiger partial charge in [0.1, 0.15) is 0 Å². The second kappa shape index (κ2) is 13.7. The average molecular weight is 690 g/mol. The summed E-state index contributed by atoms with van der Waals surface area (Å²) in [6, 6.07) is 20.9. The van der Waals surface area contributed by atoms with E-state index in [1.54, 1.807) is 54.6 Å². The van der Waals surface area contributed by atoms with E-state index >= 15 is 0 Å². The molecule has 224 valence electrons. The molecule has 5 aromatic rings. The summed E-state index contributed by atoms with van der Waals surface area (Å²) in [6.07, 6.45) is -0.794. The molecular formula is C29H20Cl4N6O4S. The third kappa shape index (κ3) is 7.50.